The summed E-state index contributed by atoms with van der Waals surface area (Å²) < 4.78 is 0. The van der Waals surface area contributed by atoms with Gasteiger partial charge in [0.05, 0.1) is 11.9 Å². The zero-order valence-corrected chi connectivity index (χ0v) is 11.1. The van der Waals surface area contributed by atoms with Crippen molar-refractivity contribution in [2.75, 3.05) is 18.4 Å². The topological polar surface area (TPSA) is 54.0 Å². The van der Waals surface area contributed by atoms with Gasteiger partial charge in [-0.25, -0.2) is 0 Å². The largest absolute Gasteiger partial charge is 0.324 e. The molecule has 98 valence electrons. The molecule has 0 aliphatic carbocycles. The Kier molecular flexibility index (Phi) is 3.97. The molecule has 1 aromatic heterocycles. The van der Waals surface area contributed by atoms with Gasteiger partial charge in [-0.3, -0.25) is 9.78 Å². The summed E-state index contributed by atoms with van der Waals surface area (Å²) in [7, 11) is 0. The fourth-order valence-corrected chi connectivity index (χ4v) is 2.38. The third-order valence-electron chi connectivity index (χ3n) is 3.82. The highest BCUT2D eigenvalue weighted by atomic mass is 16.2. The van der Waals surface area contributed by atoms with Crippen LogP contribution in [-0.4, -0.2) is 24.0 Å². The van der Waals surface area contributed by atoms with Gasteiger partial charge in [0, 0.05) is 11.6 Å². The second-order valence-corrected chi connectivity index (χ2v) is 5.46. The van der Waals surface area contributed by atoms with Crippen LogP contribution in [0.3, 0.4) is 0 Å². The third-order valence-corrected chi connectivity index (χ3v) is 3.82. The van der Waals surface area contributed by atoms with E-state index in [1.807, 2.05) is 26.0 Å². The van der Waals surface area contributed by atoms with Gasteiger partial charge in [0.15, 0.2) is 0 Å². The Morgan fingerprint density at radius 2 is 2.39 bits per heavy atom. The minimum absolute atomic E-state index is 0.0733. The second kappa shape index (κ2) is 5.48. The first-order valence-electron chi connectivity index (χ1n) is 6.53. The van der Waals surface area contributed by atoms with E-state index in [9.17, 15) is 4.79 Å². The minimum Gasteiger partial charge on any atom is -0.324 e. The van der Waals surface area contributed by atoms with Gasteiger partial charge in [0.25, 0.3) is 0 Å². The van der Waals surface area contributed by atoms with Gasteiger partial charge in [0.1, 0.15) is 0 Å². The molecular formula is C14H21N3O. The summed E-state index contributed by atoms with van der Waals surface area (Å²) in [6.45, 7) is 6.04. The maximum absolute atomic E-state index is 12.4. The molecular weight excluding hydrogens is 226 g/mol. The number of aromatic nitrogens is 1. The fraction of sp³-hybridized carbons (Fsp3) is 0.571. The van der Waals surface area contributed by atoms with Crippen LogP contribution in [0.1, 0.15) is 26.7 Å². The molecule has 18 heavy (non-hydrogen) atoms. The summed E-state index contributed by atoms with van der Waals surface area (Å²) in [4.78, 5) is 16.4. The number of rotatable bonds is 3. The van der Waals surface area contributed by atoms with Crippen molar-refractivity contribution in [3.8, 4) is 0 Å². The molecule has 1 saturated heterocycles. The molecule has 0 aromatic carbocycles. The Morgan fingerprint density at radius 3 is 3.00 bits per heavy atom. The van der Waals surface area contributed by atoms with Crippen LogP contribution in [0, 0.1) is 11.3 Å². The van der Waals surface area contributed by atoms with E-state index in [0.29, 0.717) is 5.92 Å². The minimum atomic E-state index is -0.358. The number of carbonyl (C=O) groups excluding carboxylic acids is 1. The van der Waals surface area contributed by atoms with E-state index >= 15 is 0 Å². The molecule has 1 aromatic rings. The summed E-state index contributed by atoms with van der Waals surface area (Å²) in [6, 6.07) is 3.69. The summed E-state index contributed by atoms with van der Waals surface area (Å²) in [5.74, 6) is 0.465. The van der Waals surface area contributed by atoms with Gasteiger partial charge in [-0.2, -0.15) is 0 Å². The molecule has 0 saturated carbocycles. The Balaban J connectivity index is 2.02. The molecule has 1 aliphatic rings. The predicted octanol–water partition coefficient (Wildman–Crippen LogP) is 2.05. The molecule has 4 nitrogen and oxygen atoms in total. The molecule has 0 spiro atoms. The lowest BCUT2D eigenvalue weighted by Gasteiger charge is -2.35. The molecule has 2 N–H and O–H groups in total. The van der Waals surface area contributed by atoms with Gasteiger partial charge in [-0.15, -0.1) is 0 Å². The molecule has 1 atom stereocenters. The SMILES string of the molecule is CC(C)(C(=O)Nc1cccnc1)C1CCCNC1. The van der Waals surface area contributed by atoms with E-state index < -0.39 is 0 Å². The average molecular weight is 247 g/mol. The van der Waals surface area contributed by atoms with Crippen molar-refractivity contribution in [1.29, 1.82) is 0 Å². The van der Waals surface area contributed by atoms with E-state index in [2.05, 4.69) is 15.6 Å². The van der Waals surface area contributed by atoms with E-state index in [0.717, 1.165) is 31.6 Å². The van der Waals surface area contributed by atoms with Crippen LogP contribution in [-0.2, 0) is 4.79 Å². The van der Waals surface area contributed by atoms with Crippen molar-refractivity contribution < 1.29 is 4.79 Å². The molecule has 1 aliphatic heterocycles. The lowest BCUT2D eigenvalue weighted by atomic mass is 9.74. The van der Waals surface area contributed by atoms with Crippen molar-refractivity contribution in [3.05, 3.63) is 24.5 Å². The first-order chi connectivity index (χ1) is 8.60. The van der Waals surface area contributed by atoms with E-state index in [1.165, 1.54) is 0 Å². The number of nitrogens with zero attached hydrogens (tertiary/aromatic N) is 1. The molecule has 1 unspecified atom stereocenters. The maximum Gasteiger partial charge on any atom is 0.230 e. The standard InChI is InChI=1S/C14H21N3O/c1-14(2,11-5-3-7-15-9-11)13(18)17-12-6-4-8-16-10-12/h4,6,8,10-11,15H,3,5,7,9H2,1-2H3,(H,17,18). The smallest absolute Gasteiger partial charge is 0.230 e. The molecule has 1 fully saturated rings. The van der Waals surface area contributed by atoms with Gasteiger partial charge >= 0.3 is 0 Å². The Bertz CT molecular complexity index is 397. The fourth-order valence-electron chi connectivity index (χ4n) is 2.38. The predicted molar refractivity (Wildman–Crippen MR) is 72.2 cm³/mol. The highest BCUT2D eigenvalue weighted by molar-refractivity contribution is 5.94. The van der Waals surface area contributed by atoms with Crippen molar-refractivity contribution in [1.82, 2.24) is 10.3 Å². The van der Waals surface area contributed by atoms with Crippen molar-refractivity contribution >= 4 is 11.6 Å². The number of anilines is 1. The number of hydrogen-bond donors (Lipinski definition) is 2. The molecule has 0 bridgehead atoms. The molecule has 2 heterocycles. The first kappa shape index (κ1) is 13.0. The lowest BCUT2D eigenvalue weighted by Crippen LogP contribution is -2.44. The molecule has 1 amide bonds. The maximum atomic E-state index is 12.4. The Morgan fingerprint density at radius 1 is 1.56 bits per heavy atom. The number of nitrogens with one attached hydrogen (secondary N) is 2. The van der Waals surface area contributed by atoms with Gasteiger partial charge in [0.2, 0.25) is 5.91 Å². The van der Waals surface area contributed by atoms with Crippen molar-refractivity contribution in [2.45, 2.75) is 26.7 Å². The van der Waals surface area contributed by atoms with Crippen LogP contribution >= 0.6 is 0 Å². The van der Waals surface area contributed by atoms with Crippen molar-refractivity contribution in [2.24, 2.45) is 11.3 Å². The highest BCUT2D eigenvalue weighted by Crippen LogP contribution is 2.32. The second-order valence-electron chi connectivity index (χ2n) is 5.46. The van der Waals surface area contributed by atoms with E-state index in [1.54, 1.807) is 12.4 Å². The monoisotopic (exact) mass is 247 g/mol. The normalized spacial score (nSPS) is 20.4. The Hall–Kier alpha value is -1.42. The van der Waals surface area contributed by atoms with Gasteiger partial charge in [-0.05, 0) is 44.0 Å². The quantitative estimate of drug-likeness (QED) is 0.859. The summed E-state index contributed by atoms with van der Waals surface area (Å²) >= 11 is 0. The van der Waals surface area contributed by atoms with Crippen LogP contribution in [0.25, 0.3) is 0 Å². The van der Waals surface area contributed by atoms with Crippen LogP contribution in [0.5, 0.6) is 0 Å². The average Bonchev–Trinajstić information content (AvgIpc) is 2.41. The van der Waals surface area contributed by atoms with Crippen LogP contribution in [0.2, 0.25) is 0 Å². The summed E-state index contributed by atoms with van der Waals surface area (Å²) in [6.07, 6.45) is 5.63. The summed E-state index contributed by atoms with van der Waals surface area (Å²) in [5, 5.41) is 6.32. The van der Waals surface area contributed by atoms with Gasteiger partial charge in [-0.1, -0.05) is 13.8 Å². The van der Waals surface area contributed by atoms with Crippen LogP contribution < -0.4 is 10.6 Å². The lowest BCUT2D eigenvalue weighted by molar-refractivity contribution is -0.127. The molecule has 0 radical (unpaired) electrons. The van der Waals surface area contributed by atoms with Crippen molar-refractivity contribution in [3.63, 3.8) is 0 Å². The summed E-state index contributed by atoms with van der Waals surface area (Å²) in [5.41, 5.74) is 0.405. The number of amides is 1. The zero-order valence-electron chi connectivity index (χ0n) is 11.1. The molecule has 4 heteroatoms. The van der Waals surface area contributed by atoms with E-state index in [4.69, 9.17) is 0 Å². The highest BCUT2D eigenvalue weighted by Gasteiger charge is 2.37. The zero-order chi connectivity index (χ0) is 13.0. The number of carbonyl (C=O) groups is 1. The van der Waals surface area contributed by atoms with Crippen LogP contribution in [0.15, 0.2) is 24.5 Å². The number of pyridine rings is 1. The third kappa shape index (κ3) is 2.88. The van der Waals surface area contributed by atoms with Gasteiger partial charge < -0.3 is 10.6 Å². The number of piperidine rings is 1. The number of hydrogen-bond acceptors (Lipinski definition) is 3. The van der Waals surface area contributed by atoms with E-state index in [-0.39, 0.29) is 11.3 Å². The van der Waals surface area contributed by atoms with Crippen LogP contribution in [0.4, 0.5) is 5.69 Å². The molecule has 2 rings (SSSR count). The first-order valence-corrected chi connectivity index (χ1v) is 6.53. The Labute approximate surface area is 108 Å².